The minimum atomic E-state index is 0.428. The minimum Gasteiger partial charge on any atom is -0.309 e. The standard InChI is InChI=1S/C10H19N3S/c1-5-8(11-6-2)10-9(7(3)4)12-13-14-10/h7-8,11H,5-6H2,1-4H3. The first-order valence-corrected chi connectivity index (χ1v) is 6.03. The molecule has 1 rings (SSSR count). The van der Waals surface area contributed by atoms with Crippen LogP contribution in [0.25, 0.3) is 0 Å². The van der Waals surface area contributed by atoms with Gasteiger partial charge in [0, 0.05) is 6.04 Å². The molecule has 0 aliphatic carbocycles. The van der Waals surface area contributed by atoms with Gasteiger partial charge in [0.15, 0.2) is 0 Å². The Labute approximate surface area is 90.1 Å². The molecule has 0 aromatic carbocycles. The van der Waals surface area contributed by atoms with Crippen molar-refractivity contribution in [2.45, 2.75) is 46.1 Å². The van der Waals surface area contributed by atoms with Crippen LogP contribution in [0.5, 0.6) is 0 Å². The molecule has 0 spiro atoms. The quantitative estimate of drug-likeness (QED) is 0.817. The van der Waals surface area contributed by atoms with Crippen LogP contribution in [-0.2, 0) is 0 Å². The zero-order valence-electron chi connectivity index (χ0n) is 9.37. The Bertz CT molecular complexity index is 270. The van der Waals surface area contributed by atoms with Gasteiger partial charge < -0.3 is 5.32 Å². The highest BCUT2D eigenvalue weighted by molar-refractivity contribution is 7.05. The molecule has 1 heterocycles. The summed E-state index contributed by atoms with van der Waals surface area (Å²) in [5, 5.41) is 7.66. The van der Waals surface area contributed by atoms with Gasteiger partial charge in [-0.05, 0) is 30.4 Å². The van der Waals surface area contributed by atoms with E-state index in [1.165, 1.54) is 16.4 Å². The molecule has 0 aliphatic heterocycles. The Hall–Kier alpha value is -0.480. The number of nitrogens with one attached hydrogen (secondary N) is 1. The van der Waals surface area contributed by atoms with Crippen molar-refractivity contribution in [2.24, 2.45) is 0 Å². The fourth-order valence-electron chi connectivity index (χ4n) is 1.52. The van der Waals surface area contributed by atoms with Crippen molar-refractivity contribution in [3.63, 3.8) is 0 Å². The number of hydrogen-bond acceptors (Lipinski definition) is 4. The minimum absolute atomic E-state index is 0.428. The second kappa shape index (κ2) is 5.41. The second-order valence-corrected chi connectivity index (χ2v) is 4.48. The maximum absolute atomic E-state index is 4.20. The highest BCUT2D eigenvalue weighted by Gasteiger charge is 2.18. The molecular weight excluding hydrogens is 194 g/mol. The number of hydrogen-bond donors (Lipinski definition) is 1. The summed E-state index contributed by atoms with van der Waals surface area (Å²) in [6, 6.07) is 0.428. The molecule has 0 radical (unpaired) electrons. The molecule has 80 valence electrons. The van der Waals surface area contributed by atoms with Crippen molar-refractivity contribution in [3.05, 3.63) is 10.6 Å². The summed E-state index contributed by atoms with van der Waals surface area (Å²) in [5.41, 5.74) is 1.16. The molecular formula is C10H19N3S. The summed E-state index contributed by atoms with van der Waals surface area (Å²) < 4.78 is 4.05. The van der Waals surface area contributed by atoms with Crippen molar-refractivity contribution in [3.8, 4) is 0 Å². The molecule has 1 N–H and O–H groups in total. The van der Waals surface area contributed by atoms with Gasteiger partial charge in [0.2, 0.25) is 0 Å². The van der Waals surface area contributed by atoms with E-state index in [2.05, 4.69) is 42.6 Å². The first-order valence-electron chi connectivity index (χ1n) is 5.26. The third-order valence-corrected chi connectivity index (χ3v) is 3.12. The Balaban J connectivity index is 2.86. The van der Waals surface area contributed by atoms with E-state index in [1.54, 1.807) is 0 Å². The van der Waals surface area contributed by atoms with Crippen molar-refractivity contribution >= 4 is 11.5 Å². The molecule has 14 heavy (non-hydrogen) atoms. The Morgan fingerprint density at radius 2 is 2.07 bits per heavy atom. The number of rotatable bonds is 5. The van der Waals surface area contributed by atoms with Gasteiger partial charge in [0.1, 0.15) is 0 Å². The third kappa shape index (κ3) is 2.51. The normalized spacial score (nSPS) is 13.5. The average Bonchev–Trinajstić information content (AvgIpc) is 2.62. The lowest BCUT2D eigenvalue weighted by molar-refractivity contribution is 0.537. The van der Waals surface area contributed by atoms with Gasteiger partial charge in [-0.15, -0.1) is 5.10 Å². The summed E-state index contributed by atoms with van der Waals surface area (Å²) in [7, 11) is 0. The Morgan fingerprint density at radius 1 is 1.36 bits per heavy atom. The van der Waals surface area contributed by atoms with E-state index in [0.29, 0.717) is 12.0 Å². The van der Waals surface area contributed by atoms with Gasteiger partial charge in [0.05, 0.1) is 10.6 Å². The monoisotopic (exact) mass is 213 g/mol. The third-order valence-electron chi connectivity index (χ3n) is 2.26. The van der Waals surface area contributed by atoms with Crippen LogP contribution in [0, 0.1) is 0 Å². The van der Waals surface area contributed by atoms with Crippen molar-refractivity contribution in [1.82, 2.24) is 14.9 Å². The van der Waals surface area contributed by atoms with Crippen LogP contribution in [0.1, 0.15) is 56.6 Å². The van der Waals surface area contributed by atoms with Crippen molar-refractivity contribution in [1.29, 1.82) is 0 Å². The van der Waals surface area contributed by atoms with E-state index in [-0.39, 0.29) is 0 Å². The van der Waals surface area contributed by atoms with Crippen LogP contribution < -0.4 is 5.32 Å². The summed E-state index contributed by atoms with van der Waals surface area (Å²) >= 11 is 1.53. The van der Waals surface area contributed by atoms with Gasteiger partial charge in [0.25, 0.3) is 0 Å². The maximum Gasteiger partial charge on any atom is 0.0829 e. The molecule has 1 unspecified atom stereocenters. The van der Waals surface area contributed by atoms with Gasteiger partial charge >= 0.3 is 0 Å². The molecule has 0 aliphatic rings. The molecule has 0 saturated heterocycles. The van der Waals surface area contributed by atoms with Crippen molar-refractivity contribution in [2.75, 3.05) is 6.54 Å². The molecule has 1 atom stereocenters. The van der Waals surface area contributed by atoms with Crippen LogP contribution in [0.4, 0.5) is 0 Å². The fourth-order valence-corrected chi connectivity index (χ4v) is 2.48. The highest BCUT2D eigenvalue weighted by atomic mass is 32.1. The number of nitrogens with zero attached hydrogens (tertiary/aromatic N) is 2. The fraction of sp³-hybridized carbons (Fsp3) is 0.800. The molecule has 1 aromatic heterocycles. The van der Waals surface area contributed by atoms with E-state index >= 15 is 0 Å². The second-order valence-electron chi connectivity index (χ2n) is 3.70. The molecule has 0 saturated carbocycles. The Morgan fingerprint density at radius 3 is 2.57 bits per heavy atom. The number of aromatic nitrogens is 2. The highest BCUT2D eigenvalue weighted by Crippen LogP contribution is 2.27. The molecule has 0 amide bonds. The molecule has 0 bridgehead atoms. The van der Waals surface area contributed by atoms with Crippen LogP contribution in [0.3, 0.4) is 0 Å². The SMILES string of the molecule is CCNC(CC)c1snnc1C(C)C. The first-order chi connectivity index (χ1) is 6.70. The van der Waals surface area contributed by atoms with E-state index < -0.39 is 0 Å². The lowest BCUT2D eigenvalue weighted by atomic mass is 10.0. The molecule has 3 nitrogen and oxygen atoms in total. The van der Waals surface area contributed by atoms with E-state index in [0.717, 1.165) is 18.7 Å². The zero-order valence-corrected chi connectivity index (χ0v) is 10.2. The van der Waals surface area contributed by atoms with Gasteiger partial charge in [-0.25, -0.2) is 0 Å². The van der Waals surface area contributed by atoms with Gasteiger partial charge in [-0.3, -0.25) is 0 Å². The predicted octanol–water partition coefficient (Wildman–Crippen LogP) is 2.72. The maximum atomic E-state index is 4.20. The average molecular weight is 213 g/mol. The molecule has 4 heteroatoms. The van der Waals surface area contributed by atoms with Crippen molar-refractivity contribution < 1.29 is 0 Å². The molecule has 0 fully saturated rings. The van der Waals surface area contributed by atoms with Crippen LogP contribution in [-0.4, -0.2) is 16.1 Å². The molecule has 1 aromatic rings. The van der Waals surface area contributed by atoms with E-state index in [4.69, 9.17) is 0 Å². The van der Waals surface area contributed by atoms with Gasteiger partial charge in [-0.1, -0.05) is 32.2 Å². The lowest BCUT2D eigenvalue weighted by Gasteiger charge is -2.15. The topological polar surface area (TPSA) is 37.8 Å². The van der Waals surface area contributed by atoms with Crippen LogP contribution in [0.2, 0.25) is 0 Å². The Kier molecular flexibility index (Phi) is 4.48. The lowest BCUT2D eigenvalue weighted by Crippen LogP contribution is -2.20. The van der Waals surface area contributed by atoms with E-state index in [9.17, 15) is 0 Å². The van der Waals surface area contributed by atoms with Gasteiger partial charge in [-0.2, -0.15) is 0 Å². The summed E-state index contributed by atoms with van der Waals surface area (Å²) in [6.45, 7) is 9.65. The van der Waals surface area contributed by atoms with Crippen LogP contribution in [0.15, 0.2) is 0 Å². The zero-order chi connectivity index (χ0) is 10.6. The van der Waals surface area contributed by atoms with Crippen LogP contribution >= 0.6 is 11.5 Å². The predicted molar refractivity (Wildman–Crippen MR) is 60.7 cm³/mol. The summed E-state index contributed by atoms with van der Waals surface area (Å²) in [5.74, 6) is 0.469. The van der Waals surface area contributed by atoms with E-state index in [1.807, 2.05) is 0 Å². The summed E-state index contributed by atoms with van der Waals surface area (Å²) in [6.07, 6.45) is 1.09. The summed E-state index contributed by atoms with van der Waals surface area (Å²) in [4.78, 5) is 1.31. The first kappa shape index (κ1) is 11.6. The largest absolute Gasteiger partial charge is 0.309 e. The smallest absolute Gasteiger partial charge is 0.0829 e.